The zero-order chi connectivity index (χ0) is 21.9. The predicted molar refractivity (Wildman–Crippen MR) is 132 cm³/mol. The van der Waals surface area contributed by atoms with E-state index in [2.05, 4.69) is 86.0 Å². The third kappa shape index (κ3) is 6.48. The van der Waals surface area contributed by atoms with Crippen molar-refractivity contribution in [3.63, 3.8) is 0 Å². The molecule has 0 aliphatic carbocycles. The van der Waals surface area contributed by atoms with Crippen molar-refractivity contribution in [3.8, 4) is 0 Å². The Bertz CT molecular complexity index is 635. The van der Waals surface area contributed by atoms with Gasteiger partial charge < -0.3 is 21.3 Å². The molecule has 0 heterocycles. The number of nitrogens with two attached hydrogens (primary N) is 2. The summed E-state index contributed by atoms with van der Waals surface area (Å²) in [6.45, 7) is 13.2. The molecule has 0 saturated heterocycles. The van der Waals surface area contributed by atoms with Crippen LogP contribution in [0.5, 0.6) is 0 Å². The van der Waals surface area contributed by atoms with E-state index in [-0.39, 0.29) is 12.1 Å². The number of hydrogen-bond donors (Lipinski definition) is 2. The fourth-order valence-corrected chi connectivity index (χ4v) is 4.05. The summed E-state index contributed by atoms with van der Waals surface area (Å²) in [6.07, 6.45) is 4.60. The molecule has 0 aliphatic rings. The number of nitrogens with zero attached hydrogens (tertiary/aromatic N) is 2. The first-order valence-corrected chi connectivity index (χ1v) is 11.8. The lowest BCUT2D eigenvalue weighted by molar-refractivity contribution is 0.574. The van der Waals surface area contributed by atoms with Gasteiger partial charge in [0, 0.05) is 49.6 Å². The molecule has 2 unspecified atom stereocenters. The first kappa shape index (κ1) is 24.2. The van der Waals surface area contributed by atoms with E-state index in [1.807, 2.05) is 0 Å². The largest absolute Gasteiger partial charge is 0.372 e. The second kappa shape index (κ2) is 12.6. The van der Waals surface area contributed by atoms with Crippen molar-refractivity contribution in [2.75, 3.05) is 36.0 Å². The molecule has 30 heavy (non-hydrogen) atoms. The van der Waals surface area contributed by atoms with Crippen LogP contribution in [0.25, 0.3) is 0 Å². The molecule has 166 valence electrons. The monoisotopic (exact) mass is 410 g/mol. The minimum absolute atomic E-state index is 0.224. The number of anilines is 2. The second-order valence-electron chi connectivity index (χ2n) is 8.21. The molecule has 0 spiro atoms. The van der Waals surface area contributed by atoms with Crippen LogP contribution in [0.15, 0.2) is 48.5 Å². The minimum atomic E-state index is -0.224. The Morgan fingerprint density at radius 1 is 0.533 bits per heavy atom. The highest BCUT2D eigenvalue weighted by Gasteiger charge is 2.18. The van der Waals surface area contributed by atoms with Gasteiger partial charge in [-0.2, -0.15) is 0 Å². The molecular formula is C26H42N4. The average Bonchev–Trinajstić information content (AvgIpc) is 2.78. The van der Waals surface area contributed by atoms with E-state index in [4.69, 9.17) is 11.5 Å². The van der Waals surface area contributed by atoms with Crippen LogP contribution < -0.4 is 21.3 Å². The molecule has 2 aromatic rings. The van der Waals surface area contributed by atoms with Crippen LogP contribution in [-0.4, -0.2) is 26.2 Å². The maximum absolute atomic E-state index is 6.56. The lowest BCUT2D eigenvalue weighted by Crippen LogP contribution is -2.27. The zero-order valence-electron chi connectivity index (χ0n) is 19.5. The fraction of sp³-hybridized carbons (Fsp3) is 0.538. The van der Waals surface area contributed by atoms with Gasteiger partial charge >= 0.3 is 0 Å². The Hall–Kier alpha value is -2.04. The van der Waals surface area contributed by atoms with Crippen molar-refractivity contribution in [1.82, 2.24) is 0 Å². The smallest absolute Gasteiger partial charge is 0.0491 e. The Labute approximate surface area is 184 Å². The molecule has 2 rings (SSSR count). The van der Waals surface area contributed by atoms with Gasteiger partial charge in [-0.3, -0.25) is 0 Å². The molecule has 0 fully saturated rings. The van der Waals surface area contributed by atoms with Gasteiger partial charge in [0.15, 0.2) is 0 Å². The maximum Gasteiger partial charge on any atom is 0.0491 e. The Morgan fingerprint density at radius 3 is 1.03 bits per heavy atom. The van der Waals surface area contributed by atoms with Gasteiger partial charge in [-0.25, -0.2) is 0 Å². The average molecular weight is 411 g/mol. The van der Waals surface area contributed by atoms with E-state index in [1.165, 1.54) is 11.4 Å². The van der Waals surface area contributed by atoms with Crippen molar-refractivity contribution in [2.45, 2.75) is 65.5 Å². The third-order valence-corrected chi connectivity index (χ3v) is 5.65. The number of benzene rings is 2. The molecule has 2 aromatic carbocycles. The normalized spacial score (nSPS) is 13.1. The molecule has 0 radical (unpaired) electrons. The van der Waals surface area contributed by atoms with E-state index in [1.54, 1.807) is 0 Å². The van der Waals surface area contributed by atoms with Crippen LogP contribution >= 0.6 is 0 Å². The van der Waals surface area contributed by atoms with Crippen LogP contribution in [0.3, 0.4) is 0 Å². The summed E-state index contributed by atoms with van der Waals surface area (Å²) in [5, 5.41) is 0. The van der Waals surface area contributed by atoms with Crippen LogP contribution in [0.4, 0.5) is 11.4 Å². The quantitative estimate of drug-likeness (QED) is 0.449. The molecule has 0 saturated carbocycles. The molecule has 4 N–H and O–H groups in total. The summed E-state index contributed by atoms with van der Waals surface area (Å²) < 4.78 is 0. The molecule has 2 atom stereocenters. The second-order valence-corrected chi connectivity index (χ2v) is 8.21. The van der Waals surface area contributed by atoms with Crippen molar-refractivity contribution < 1.29 is 0 Å². The number of rotatable bonds is 13. The Morgan fingerprint density at radius 2 is 0.800 bits per heavy atom. The fourth-order valence-electron chi connectivity index (χ4n) is 4.05. The highest BCUT2D eigenvalue weighted by molar-refractivity contribution is 5.50. The van der Waals surface area contributed by atoms with Crippen LogP contribution in [0, 0.1) is 0 Å². The lowest BCUT2D eigenvalue weighted by Gasteiger charge is -2.26. The predicted octanol–water partition coefficient (Wildman–Crippen LogP) is 5.64. The van der Waals surface area contributed by atoms with E-state index in [9.17, 15) is 0 Å². The van der Waals surface area contributed by atoms with Crippen molar-refractivity contribution >= 4 is 11.4 Å². The molecule has 0 aliphatic heterocycles. The highest BCUT2D eigenvalue weighted by atomic mass is 15.1. The molecule has 4 nitrogen and oxygen atoms in total. The van der Waals surface area contributed by atoms with E-state index in [0.29, 0.717) is 0 Å². The van der Waals surface area contributed by atoms with Gasteiger partial charge in [-0.15, -0.1) is 0 Å². The van der Waals surface area contributed by atoms with Crippen molar-refractivity contribution in [3.05, 3.63) is 59.7 Å². The lowest BCUT2D eigenvalue weighted by atomic mass is 9.94. The topological polar surface area (TPSA) is 58.5 Å². The number of hydrogen-bond acceptors (Lipinski definition) is 4. The summed E-state index contributed by atoms with van der Waals surface area (Å²) in [5.41, 5.74) is 17.8. The summed E-state index contributed by atoms with van der Waals surface area (Å²) in [7, 11) is 0. The Balaban J connectivity index is 2.10. The molecule has 0 bridgehead atoms. The van der Waals surface area contributed by atoms with Crippen LogP contribution in [0.2, 0.25) is 0 Å². The summed E-state index contributed by atoms with van der Waals surface area (Å²) >= 11 is 0. The molecule has 0 amide bonds. The SMILES string of the molecule is CCCN(CCC)c1ccc(C(N)C(N)c2ccc(N(CCC)CCC)cc2)cc1. The summed E-state index contributed by atoms with van der Waals surface area (Å²) in [5.74, 6) is 0. The molecular weight excluding hydrogens is 368 g/mol. The first-order chi connectivity index (χ1) is 14.5. The summed E-state index contributed by atoms with van der Waals surface area (Å²) in [6, 6.07) is 16.8. The molecule has 0 aromatic heterocycles. The maximum atomic E-state index is 6.56. The standard InChI is InChI=1S/C26H42N4/c1-5-17-29(18-6-2)23-13-9-21(10-14-23)25(27)26(28)22-11-15-24(16-12-22)30(19-7-3)20-8-4/h9-16,25-26H,5-8,17-20,27-28H2,1-4H3. The first-order valence-electron chi connectivity index (χ1n) is 11.8. The third-order valence-electron chi connectivity index (χ3n) is 5.65. The van der Waals surface area contributed by atoms with E-state index in [0.717, 1.165) is 63.0 Å². The van der Waals surface area contributed by atoms with Gasteiger partial charge in [0.2, 0.25) is 0 Å². The van der Waals surface area contributed by atoms with E-state index >= 15 is 0 Å². The van der Waals surface area contributed by atoms with Crippen LogP contribution in [-0.2, 0) is 0 Å². The minimum Gasteiger partial charge on any atom is -0.372 e. The van der Waals surface area contributed by atoms with Crippen LogP contribution in [0.1, 0.15) is 76.6 Å². The zero-order valence-corrected chi connectivity index (χ0v) is 19.5. The van der Waals surface area contributed by atoms with Gasteiger partial charge in [0.25, 0.3) is 0 Å². The van der Waals surface area contributed by atoms with Crippen molar-refractivity contribution in [2.24, 2.45) is 11.5 Å². The van der Waals surface area contributed by atoms with Crippen molar-refractivity contribution in [1.29, 1.82) is 0 Å². The summed E-state index contributed by atoms with van der Waals surface area (Å²) in [4.78, 5) is 4.87. The van der Waals surface area contributed by atoms with Gasteiger partial charge in [-0.05, 0) is 61.1 Å². The highest BCUT2D eigenvalue weighted by Crippen LogP contribution is 2.28. The Kier molecular flexibility index (Phi) is 10.2. The molecule has 4 heteroatoms. The van der Waals surface area contributed by atoms with E-state index < -0.39 is 0 Å². The van der Waals surface area contributed by atoms with Gasteiger partial charge in [0.05, 0.1) is 0 Å². The van der Waals surface area contributed by atoms with Gasteiger partial charge in [0.1, 0.15) is 0 Å². The van der Waals surface area contributed by atoms with Gasteiger partial charge in [-0.1, -0.05) is 52.0 Å².